The van der Waals surface area contributed by atoms with Crippen LogP contribution >= 0.6 is 23.8 Å². The smallest absolute Gasteiger partial charge is 0.275 e. The minimum Gasteiger partial charge on any atom is -0.457 e. The zero-order valence-electron chi connectivity index (χ0n) is 11.5. The fourth-order valence-electron chi connectivity index (χ4n) is 1.82. The molecule has 2 aromatic carbocycles. The number of nitrogens with two attached hydrogens (primary N) is 1. The summed E-state index contributed by atoms with van der Waals surface area (Å²) in [6.07, 6.45) is 0. The number of non-ortho nitro benzene ring substituents is 1. The van der Waals surface area contributed by atoms with Gasteiger partial charge in [0.2, 0.25) is 0 Å². The molecule has 0 aliphatic heterocycles. The average molecular weight is 338 g/mol. The number of thiocarbonyl (C=S) groups is 1. The third-order valence-corrected chi connectivity index (χ3v) is 3.07. The van der Waals surface area contributed by atoms with E-state index >= 15 is 0 Å². The van der Waals surface area contributed by atoms with Crippen molar-refractivity contribution in [3.05, 3.63) is 57.1 Å². The van der Waals surface area contributed by atoms with Crippen molar-refractivity contribution in [2.45, 2.75) is 6.92 Å². The number of nitro groups is 1. The van der Waals surface area contributed by atoms with Gasteiger partial charge in [0.1, 0.15) is 11.5 Å². The first-order chi connectivity index (χ1) is 10.3. The van der Waals surface area contributed by atoms with E-state index in [1.54, 1.807) is 24.3 Å². The lowest BCUT2D eigenvalue weighted by molar-refractivity contribution is -0.384. The summed E-state index contributed by atoms with van der Waals surface area (Å²) in [6.45, 7) is 1.83. The number of ether oxygens (including phenoxy) is 1. The number of nitrogens with one attached hydrogen (secondary N) is 1. The van der Waals surface area contributed by atoms with Gasteiger partial charge in [0, 0.05) is 17.2 Å². The van der Waals surface area contributed by atoms with E-state index in [0.717, 1.165) is 5.56 Å². The minimum absolute atomic E-state index is 0.00845. The lowest BCUT2D eigenvalue weighted by Crippen LogP contribution is -2.18. The number of anilines is 1. The van der Waals surface area contributed by atoms with Crippen molar-refractivity contribution in [3.63, 3.8) is 0 Å². The lowest BCUT2D eigenvalue weighted by Gasteiger charge is -2.11. The van der Waals surface area contributed by atoms with Crippen LogP contribution in [0.2, 0.25) is 5.02 Å². The van der Waals surface area contributed by atoms with Crippen molar-refractivity contribution in [1.82, 2.24) is 0 Å². The third-order valence-electron chi connectivity index (χ3n) is 2.73. The predicted molar refractivity (Wildman–Crippen MR) is 89.8 cm³/mol. The first-order valence-corrected chi connectivity index (χ1v) is 6.94. The molecular weight excluding hydrogens is 326 g/mol. The molecule has 0 saturated heterocycles. The van der Waals surface area contributed by atoms with Gasteiger partial charge in [-0.25, -0.2) is 0 Å². The Balaban J connectivity index is 2.38. The van der Waals surface area contributed by atoms with Crippen LogP contribution in [0.3, 0.4) is 0 Å². The Bertz CT molecular complexity index is 752. The van der Waals surface area contributed by atoms with Gasteiger partial charge in [-0.05, 0) is 42.9 Å². The number of aryl methyl sites for hydroxylation is 1. The normalized spacial score (nSPS) is 10.1. The van der Waals surface area contributed by atoms with E-state index in [2.05, 4.69) is 5.32 Å². The van der Waals surface area contributed by atoms with Crippen LogP contribution in [0.1, 0.15) is 5.56 Å². The van der Waals surface area contributed by atoms with E-state index in [1.165, 1.54) is 12.1 Å². The van der Waals surface area contributed by atoms with Crippen LogP contribution < -0.4 is 15.8 Å². The Morgan fingerprint density at radius 1 is 1.36 bits per heavy atom. The largest absolute Gasteiger partial charge is 0.457 e. The summed E-state index contributed by atoms with van der Waals surface area (Å²) >= 11 is 10.6. The SMILES string of the molecule is Cc1cc(Cl)ccc1Oc1cc(NC(N)=S)cc([N+](=O)[O-])c1. The van der Waals surface area contributed by atoms with Gasteiger partial charge in [0.25, 0.3) is 5.69 Å². The zero-order valence-corrected chi connectivity index (χ0v) is 13.1. The summed E-state index contributed by atoms with van der Waals surface area (Å²) < 4.78 is 5.69. The van der Waals surface area contributed by atoms with E-state index in [1.807, 2.05) is 6.92 Å². The Hall–Kier alpha value is -2.38. The van der Waals surface area contributed by atoms with Crippen LogP contribution in [0.15, 0.2) is 36.4 Å². The fraction of sp³-hybridized carbons (Fsp3) is 0.0714. The molecule has 2 rings (SSSR count). The number of rotatable bonds is 4. The number of benzene rings is 2. The van der Waals surface area contributed by atoms with E-state index in [9.17, 15) is 10.1 Å². The summed E-state index contributed by atoms with van der Waals surface area (Å²) in [7, 11) is 0. The molecule has 0 aromatic heterocycles. The van der Waals surface area contributed by atoms with Gasteiger partial charge in [-0.3, -0.25) is 10.1 Å². The Labute approximate surface area is 137 Å². The first kappa shape index (κ1) is 16.0. The molecule has 0 amide bonds. The lowest BCUT2D eigenvalue weighted by atomic mass is 10.2. The maximum atomic E-state index is 11.0. The van der Waals surface area contributed by atoms with E-state index in [-0.39, 0.29) is 10.8 Å². The predicted octanol–water partition coefficient (Wildman–Crippen LogP) is 4.00. The maximum Gasteiger partial charge on any atom is 0.275 e. The van der Waals surface area contributed by atoms with Crippen LogP contribution in [0.25, 0.3) is 0 Å². The summed E-state index contributed by atoms with van der Waals surface area (Å²) in [5, 5.41) is 14.2. The van der Waals surface area contributed by atoms with E-state index in [0.29, 0.717) is 22.2 Å². The Kier molecular flexibility index (Phi) is 4.79. The second kappa shape index (κ2) is 6.59. The number of hydrogen-bond donors (Lipinski definition) is 2. The molecule has 0 heterocycles. The summed E-state index contributed by atoms with van der Waals surface area (Å²) in [6, 6.07) is 9.31. The van der Waals surface area contributed by atoms with Gasteiger partial charge < -0.3 is 15.8 Å². The van der Waals surface area contributed by atoms with Gasteiger partial charge in [0.05, 0.1) is 16.7 Å². The zero-order chi connectivity index (χ0) is 16.3. The maximum absolute atomic E-state index is 11.0. The molecule has 0 aliphatic rings. The fourth-order valence-corrected chi connectivity index (χ4v) is 2.16. The molecule has 6 nitrogen and oxygen atoms in total. The molecule has 0 radical (unpaired) electrons. The van der Waals surface area contributed by atoms with E-state index < -0.39 is 4.92 Å². The Morgan fingerprint density at radius 3 is 2.68 bits per heavy atom. The van der Waals surface area contributed by atoms with Gasteiger partial charge in [0.15, 0.2) is 5.11 Å². The standard InChI is InChI=1S/C14H12ClN3O3S/c1-8-4-9(15)2-3-13(8)21-12-6-10(17-14(16)22)5-11(7-12)18(19)20/h2-7H,1H3,(H3,16,17,22). The van der Waals surface area contributed by atoms with Crippen molar-refractivity contribution < 1.29 is 9.66 Å². The number of hydrogen-bond acceptors (Lipinski definition) is 4. The number of halogens is 1. The highest BCUT2D eigenvalue weighted by Crippen LogP contribution is 2.32. The van der Waals surface area contributed by atoms with E-state index in [4.69, 9.17) is 34.3 Å². The van der Waals surface area contributed by atoms with Crippen molar-refractivity contribution in [2.24, 2.45) is 5.73 Å². The van der Waals surface area contributed by atoms with Gasteiger partial charge in [-0.1, -0.05) is 11.6 Å². The van der Waals surface area contributed by atoms with Crippen molar-refractivity contribution in [1.29, 1.82) is 0 Å². The summed E-state index contributed by atoms with van der Waals surface area (Å²) in [4.78, 5) is 10.5. The molecule has 3 N–H and O–H groups in total. The summed E-state index contributed by atoms with van der Waals surface area (Å²) in [5.74, 6) is 0.838. The summed E-state index contributed by atoms with van der Waals surface area (Å²) in [5.41, 5.74) is 6.44. The average Bonchev–Trinajstić information content (AvgIpc) is 2.41. The molecule has 0 saturated carbocycles. The second-order valence-electron chi connectivity index (χ2n) is 4.47. The second-order valence-corrected chi connectivity index (χ2v) is 5.35. The molecular formula is C14H12ClN3O3S. The molecule has 8 heteroatoms. The van der Waals surface area contributed by atoms with Crippen LogP contribution in [0.5, 0.6) is 11.5 Å². The molecule has 2 aromatic rings. The highest BCUT2D eigenvalue weighted by Gasteiger charge is 2.12. The van der Waals surface area contributed by atoms with Crippen LogP contribution in [-0.4, -0.2) is 10.0 Å². The molecule has 0 bridgehead atoms. The highest BCUT2D eigenvalue weighted by molar-refractivity contribution is 7.80. The van der Waals surface area contributed by atoms with Gasteiger partial charge in [-0.2, -0.15) is 0 Å². The number of nitro benzene ring substituents is 1. The number of nitrogens with zero attached hydrogens (tertiary/aromatic N) is 1. The van der Waals surface area contributed by atoms with Crippen molar-refractivity contribution in [2.75, 3.05) is 5.32 Å². The molecule has 0 aliphatic carbocycles. The molecule has 114 valence electrons. The van der Waals surface area contributed by atoms with Gasteiger partial charge in [-0.15, -0.1) is 0 Å². The van der Waals surface area contributed by atoms with Crippen LogP contribution in [0, 0.1) is 17.0 Å². The third kappa shape index (κ3) is 4.06. The molecule has 0 fully saturated rings. The van der Waals surface area contributed by atoms with Gasteiger partial charge >= 0.3 is 0 Å². The quantitative estimate of drug-likeness (QED) is 0.497. The minimum atomic E-state index is -0.522. The molecule has 0 spiro atoms. The van der Waals surface area contributed by atoms with Crippen molar-refractivity contribution >= 4 is 40.3 Å². The molecule has 0 atom stereocenters. The van der Waals surface area contributed by atoms with Crippen LogP contribution in [-0.2, 0) is 0 Å². The topological polar surface area (TPSA) is 90.4 Å². The first-order valence-electron chi connectivity index (χ1n) is 6.15. The van der Waals surface area contributed by atoms with Crippen molar-refractivity contribution in [3.8, 4) is 11.5 Å². The molecule has 22 heavy (non-hydrogen) atoms. The van der Waals surface area contributed by atoms with Crippen LogP contribution in [0.4, 0.5) is 11.4 Å². The highest BCUT2D eigenvalue weighted by atomic mass is 35.5. The Morgan fingerprint density at radius 2 is 2.09 bits per heavy atom. The monoisotopic (exact) mass is 337 g/mol. The molecule has 0 unspecified atom stereocenters.